The van der Waals surface area contributed by atoms with Crippen molar-refractivity contribution < 1.29 is 0 Å². The number of hydrogen-bond donors (Lipinski definition) is 0. The van der Waals surface area contributed by atoms with Crippen molar-refractivity contribution in [1.82, 2.24) is 24.1 Å². The van der Waals surface area contributed by atoms with Crippen LogP contribution in [-0.4, -0.2) is 24.1 Å². The van der Waals surface area contributed by atoms with Crippen LogP contribution in [0.3, 0.4) is 0 Å². The maximum absolute atomic E-state index is 9.96. The molecule has 0 aliphatic heterocycles. The maximum Gasteiger partial charge on any atom is 0.238 e. The van der Waals surface area contributed by atoms with Crippen molar-refractivity contribution in [1.29, 1.82) is 5.26 Å². The molecule has 0 aliphatic rings. The molecule has 0 saturated carbocycles. The fourth-order valence-electron chi connectivity index (χ4n) is 7.58. The topological polar surface area (TPSA) is 72.3 Å². The molecule has 10 rings (SSSR count). The molecule has 0 N–H and O–H groups in total. The summed E-state index contributed by atoms with van der Waals surface area (Å²) in [4.78, 5) is 15.2. The monoisotopic (exact) mass is 664 g/mol. The van der Waals surface area contributed by atoms with Gasteiger partial charge in [0.25, 0.3) is 0 Å². The zero-order chi connectivity index (χ0) is 34.6. The zero-order valence-corrected chi connectivity index (χ0v) is 27.8. The number of fused-ring (bicyclic) bond motifs is 6. The molecule has 0 saturated heterocycles. The average molecular weight is 665 g/mol. The van der Waals surface area contributed by atoms with Crippen LogP contribution in [0.1, 0.15) is 5.56 Å². The Hall–Kier alpha value is -7.36. The minimum absolute atomic E-state index is 0.550. The van der Waals surface area contributed by atoms with E-state index in [1.165, 1.54) is 0 Å². The highest BCUT2D eigenvalue weighted by Gasteiger charge is 2.22. The first-order chi connectivity index (χ1) is 25.8. The van der Waals surface area contributed by atoms with E-state index in [0.717, 1.165) is 71.6 Å². The molecule has 6 nitrogen and oxygen atoms in total. The Labute approximate surface area is 299 Å². The molecule has 242 valence electrons. The predicted molar refractivity (Wildman–Crippen MR) is 210 cm³/mol. The SMILES string of the molecule is N#Cc1ccc2c(c1)c1c(-c3cccc4c3c3ccccc3n4-c3nc(-c4ccccc4)nc(-c4ccccc4)n3)cccc1n2-c1ccccc1. The summed E-state index contributed by atoms with van der Waals surface area (Å²) >= 11 is 0. The van der Waals surface area contributed by atoms with E-state index in [0.29, 0.717) is 23.2 Å². The van der Waals surface area contributed by atoms with Gasteiger partial charge in [-0.3, -0.25) is 4.57 Å². The van der Waals surface area contributed by atoms with Crippen molar-refractivity contribution in [3.8, 4) is 51.6 Å². The van der Waals surface area contributed by atoms with Gasteiger partial charge in [0.15, 0.2) is 11.6 Å². The summed E-state index contributed by atoms with van der Waals surface area (Å²) in [5.41, 5.74) is 9.83. The predicted octanol–water partition coefficient (Wildman–Crippen LogP) is 10.9. The highest BCUT2D eigenvalue weighted by atomic mass is 15.2. The number of aromatic nitrogens is 5. The molecule has 10 aromatic rings. The number of benzene rings is 7. The first-order valence-corrected chi connectivity index (χ1v) is 17.2. The molecule has 3 aromatic heterocycles. The number of nitriles is 1. The van der Waals surface area contributed by atoms with Crippen molar-refractivity contribution >= 4 is 43.6 Å². The Morgan fingerprint density at radius 1 is 0.423 bits per heavy atom. The van der Waals surface area contributed by atoms with Crippen molar-refractivity contribution in [3.63, 3.8) is 0 Å². The Morgan fingerprint density at radius 3 is 1.58 bits per heavy atom. The number of hydrogen-bond acceptors (Lipinski definition) is 4. The van der Waals surface area contributed by atoms with E-state index in [2.05, 4.69) is 106 Å². The summed E-state index contributed by atoms with van der Waals surface area (Å²) in [6, 6.07) is 60.3. The first kappa shape index (κ1) is 29.5. The third kappa shape index (κ3) is 4.61. The standard InChI is InChI=1S/C46H28N6/c47-29-30-26-27-39-37(28-30)43-35(22-12-24-40(43)51(39)33-18-8-3-9-19-33)34-21-13-25-41-42(34)36-20-10-11-23-38(36)52(41)46-49-44(31-14-4-1-5-15-31)48-45(50-46)32-16-6-2-7-17-32/h1-28H. The Bertz CT molecular complexity index is 2950. The van der Waals surface area contributed by atoms with Gasteiger partial charge in [0, 0.05) is 38.4 Å². The molecule has 6 heteroatoms. The molecule has 0 spiro atoms. The highest BCUT2D eigenvalue weighted by Crippen LogP contribution is 2.44. The summed E-state index contributed by atoms with van der Waals surface area (Å²) in [6.45, 7) is 0. The van der Waals surface area contributed by atoms with E-state index < -0.39 is 0 Å². The van der Waals surface area contributed by atoms with Crippen LogP contribution in [0, 0.1) is 11.3 Å². The van der Waals surface area contributed by atoms with Crippen molar-refractivity contribution in [2.24, 2.45) is 0 Å². The van der Waals surface area contributed by atoms with Crippen LogP contribution in [0.4, 0.5) is 0 Å². The first-order valence-electron chi connectivity index (χ1n) is 17.2. The second-order valence-corrected chi connectivity index (χ2v) is 12.8. The maximum atomic E-state index is 9.96. The quantitative estimate of drug-likeness (QED) is 0.184. The minimum Gasteiger partial charge on any atom is -0.309 e. The Morgan fingerprint density at radius 2 is 0.942 bits per heavy atom. The van der Waals surface area contributed by atoms with E-state index in [1.807, 2.05) is 78.9 Å². The molecule has 0 bridgehead atoms. The molecule has 0 amide bonds. The van der Waals surface area contributed by atoms with Gasteiger partial charge in [0.1, 0.15) is 0 Å². The van der Waals surface area contributed by atoms with Crippen molar-refractivity contribution in [2.75, 3.05) is 0 Å². The lowest BCUT2D eigenvalue weighted by Crippen LogP contribution is -2.06. The summed E-state index contributed by atoms with van der Waals surface area (Å²) in [6.07, 6.45) is 0. The van der Waals surface area contributed by atoms with Gasteiger partial charge in [-0.1, -0.05) is 121 Å². The van der Waals surface area contributed by atoms with Gasteiger partial charge in [-0.2, -0.15) is 15.2 Å². The van der Waals surface area contributed by atoms with Crippen LogP contribution < -0.4 is 0 Å². The minimum atomic E-state index is 0.550. The van der Waals surface area contributed by atoms with Crippen LogP contribution in [-0.2, 0) is 0 Å². The van der Waals surface area contributed by atoms with E-state index in [4.69, 9.17) is 15.0 Å². The van der Waals surface area contributed by atoms with E-state index in [1.54, 1.807) is 0 Å². The molecule has 0 fully saturated rings. The number of rotatable bonds is 5. The third-order valence-corrected chi connectivity index (χ3v) is 9.81. The van der Waals surface area contributed by atoms with Gasteiger partial charge in [0.2, 0.25) is 5.95 Å². The fraction of sp³-hybridized carbons (Fsp3) is 0. The van der Waals surface area contributed by atoms with Gasteiger partial charge >= 0.3 is 0 Å². The molecule has 0 unspecified atom stereocenters. The lowest BCUT2D eigenvalue weighted by Gasteiger charge is -2.12. The second kappa shape index (κ2) is 11.9. The molecule has 52 heavy (non-hydrogen) atoms. The zero-order valence-electron chi connectivity index (χ0n) is 27.8. The lowest BCUT2D eigenvalue weighted by molar-refractivity contribution is 0.953. The molecule has 0 atom stereocenters. The van der Waals surface area contributed by atoms with Crippen LogP contribution >= 0.6 is 0 Å². The lowest BCUT2D eigenvalue weighted by atomic mass is 9.95. The smallest absolute Gasteiger partial charge is 0.238 e. The van der Waals surface area contributed by atoms with Gasteiger partial charge in [0.05, 0.1) is 33.7 Å². The Kier molecular flexibility index (Phi) is 6.76. The fourth-order valence-corrected chi connectivity index (χ4v) is 7.58. The highest BCUT2D eigenvalue weighted by molar-refractivity contribution is 6.22. The van der Waals surface area contributed by atoms with Crippen LogP contribution in [0.25, 0.3) is 89.2 Å². The molecule has 0 aliphatic carbocycles. The normalized spacial score (nSPS) is 11.4. The van der Waals surface area contributed by atoms with Gasteiger partial charge in [-0.15, -0.1) is 0 Å². The summed E-state index contributed by atoms with van der Waals surface area (Å²) in [7, 11) is 0. The van der Waals surface area contributed by atoms with E-state index in [9.17, 15) is 5.26 Å². The largest absolute Gasteiger partial charge is 0.309 e. The van der Waals surface area contributed by atoms with E-state index in [-0.39, 0.29) is 0 Å². The summed E-state index contributed by atoms with van der Waals surface area (Å²) < 4.78 is 4.45. The van der Waals surface area contributed by atoms with Crippen LogP contribution in [0.2, 0.25) is 0 Å². The average Bonchev–Trinajstić information content (AvgIpc) is 3.74. The number of nitrogens with zero attached hydrogens (tertiary/aromatic N) is 6. The number of para-hydroxylation sites is 2. The van der Waals surface area contributed by atoms with Gasteiger partial charge in [-0.05, 0) is 59.7 Å². The van der Waals surface area contributed by atoms with Crippen molar-refractivity contribution in [2.45, 2.75) is 0 Å². The van der Waals surface area contributed by atoms with Crippen LogP contribution in [0.5, 0.6) is 0 Å². The van der Waals surface area contributed by atoms with Gasteiger partial charge < -0.3 is 4.57 Å². The molecular formula is C46H28N6. The summed E-state index contributed by atoms with van der Waals surface area (Å²) in [5.74, 6) is 1.77. The van der Waals surface area contributed by atoms with E-state index >= 15 is 0 Å². The second-order valence-electron chi connectivity index (χ2n) is 12.8. The molecule has 0 radical (unpaired) electrons. The third-order valence-electron chi connectivity index (χ3n) is 9.81. The van der Waals surface area contributed by atoms with Gasteiger partial charge in [-0.25, -0.2) is 4.98 Å². The van der Waals surface area contributed by atoms with Crippen LogP contribution in [0.15, 0.2) is 170 Å². The molecule has 3 heterocycles. The summed E-state index contributed by atoms with van der Waals surface area (Å²) in [5, 5.41) is 14.3. The molecular weight excluding hydrogens is 637 g/mol. The van der Waals surface area contributed by atoms with Crippen molar-refractivity contribution in [3.05, 3.63) is 175 Å². The molecule has 7 aromatic carbocycles. The Balaban J connectivity index is 1.29.